The number of hydrogen-bond donors (Lipinski definition) is 1. The largest absolute Gasteiger partial charge is 0.316 e. The first-order valence-corrected chi connectivity index (χ1v) is 5.04. The topological polar surface area (TPSA) is 12.0 Å². The predicted octanol–water partition coefficient (Wildman–Crippen LogP) is 1.78. The van der Waals surface area contributed by atoms with Crippen LogP contribution in [0.15, 0.2) is 0 Å². The normalized spacial score (nSPS) is 50.5. The molecular weight excluding hydrogens is 134 g/mol. The quantitative estimate of drug-likeness (QED) is 0.602. The van der Waals surface area contributed by atoms with Crippen molar-refractivity contribution in [3.63, 3.8) is 0 Å². The molecule has 1 nitrogen and oxygen atoms in total. The van der Waals surface area contributed by atoms with Crippen molar-refractivity contribution < 1.29 is 0 Å². The van der Waals surface area contributed by atoms with Gasteiger partial charge in [0.05, 0.1) is 0 Å². The van der Waals surface area contributed by atoms with Crippen LogP contribution in [0.4, 0.5) is 0 Å². The zero-order valence-corrected chi connectivity index (χ0v) is 7.27. The van der Waals surface area contributed by atoms with Crippen molar-refractivity contribution in [2.75, 3.05) is 7.05 Å². The van der Waals surface area contributed by atoms with Crippen molar-refractivity contribution in [2.45, 2.75) is 38.1 Å². The summed E-state index contributed by atoms with van der Waals surface area (Å²) in [5.74, 6) is 2.16. The number of nitrogens with one attached hydrogen (secondary N) is 1. The first kappa shape index (κ1) is 6.47. The maximum absolute atomic E-state index is 3.55. The molecule has 3 saturated carbocycles. The molecule has 62 valence electrons. The van der Waals surface area contributed by atoms with Crippen LogP contribution in [0.5, 0.6) is 0 Å². The van der Waals surface area contributed by atoms with Gasteiger partial charge in [-0.1, -0.05) is 0 Å². The lowest BCUT2D eigenvalue weighted by molar-refractivity contribution is 0.235. The summed E-state index contributed by atoms with van der Waals surface area (Å²) in [6.45, 7) is 0. The Hall–Kier alpha value is -0.0400. The molecule has 0 amide bonds. The molecule has 3 rings (SSSR count). The molecule has 1 N–H and O–H groups in total. The minimum Gasteiger partial charge on any atom is -0.316 e. The number of rotatable bonds is 1. The smallest absolute Gasteiger partial charge is 0.0151 e. The van der Waals surface area contributed by atoms with Crippen LogP contribution in [0.25, 0.3) is 0 Å². The minimum absolute atomic E-state index is 0.817. The average Bonchev–Trinajstić information content (AvgIpc) is 2.58. The standard InChI is InChI=1S/C10H17N/c1-11-9-7-2-3-8(6-7)10(9)4-5-10/h7-9,11H,2-6H2,1H3. The van der Waals surface area contributed by atoms with E-state index >= 15 is 0 Å². The van der Waals surface area contributed by atoms with Crippen molar-refractivity contribution in [1.82, 2.24) is 5.32 Å². The van der Waals surface area contributed by atoms with Crippen LogP contribution >= 0.6 is 0 Å². The Balaban J connectivity index is 1.93. The second-order valence-electron chi connectivity index (χ2n) is 4.77. The molecule has 3 aliphatic carbocycles. The van der Waals surface area contributed by atoms with E-state index in [1.807, 2.05) is 0 Å². The van der Waals surface area contributed by atoms with E-state index in [1.165, 1.54) is 19.3 Å². The summed E-state index contributed by atoms with van der Waals surface area (Å²) in [4.78, 5) is 0. The summed E-state index contributed by atoms with van der Waals surface area (Å²) in [5, 5.41) is 3.55. The molecule has 0 saturated heterocycles. The molecule has 1 heteroatoms. The van der Waals surface area contributed by atoms with Gasteiger partial charge in [0.1, 0.15) is 0 Å². The molecule has 0 radical (unpaired) electrons. The summed E-state index contributed by atoms with van der Waals surface area (Å²) in [6.07, 6.45) is 7.66. The SMILES string of the molecule is CNC1C2CCC(C2)C12CC2. The van der Waals surface area contributed by atoms with Gasteiger partial charge in [-0.3, -0.25) is 0 Å². The molecule has 0 aromatic rings. The molecule has 0 aliphatic heterocycles. The van der Waals surface area contributed by atoms with E-state index in [0.717, 1.165) is 23.3 Å². The van der Waals surface area contributed by atoms with Gasteiger partial charge in [0.25, 0.3) is 0 Å². The van der Waals surface area contributed by atoms with Crippen molar-refractivity contribution >= 4 is 0 Å². The molecule has 3 aliphatic rings. The van der Waals surface area contributed by atoms with Gasteiger partial charge in [-0.25, -0.2) is 0 Å². The van der Waals surface area contributed by atoms with E-state index in [9.17, 15) is 0 Å². The highest BCUT2D eigenvalue weighted by Crippen LogP contribution is 2.68. The molecule has 2 bridgehead atoms. The third-order valence-electron chi connectivity index (χ3n) is 4.52. The van der Waals surface area contributed by atoms with E-state index < -0.39 is 0 Å². The molecule has 3 fully saturated rings. The summed E-state index contributed by atoms with van der Waals surface area (Å²) >= 11 is 0. The summed E-state index contributed by atoms with van der Waals surface area (Å²) in [5.41, 5.74) is 0.817. The van der Waals surface area contributed by atoms with E-state index in [2.05, 4.69) is 12.4 Å². The molecule has 1 spiro atoms. The Bertz CT molecular complexity index is 183. The molecule has 0 aromatic carbocycles. The Morgan fingerprint density at radius 3 is 2.64 bits per heavy atom. The predicted molar refractivity (Wildman–Crippen MR) is 45.3 cm³/mol. The average molecular weight is 151 g/mol. The first-order valence-electron chi connectivity index (χ1n) is 5.04. The fraction of sp³-hybridized carbons (Fsp3) is 1.00. The fourth-order valence-corrected chi connectivity index (χ4v) is 3.95. The van der Waals surface area contributed by atoms with Crippen molar-refractivity contribution in [1.29, 1.82) is 0 Å². The lowest BCUT2D eigenvalue weighted by atomic mass is 9.81. The number of fused-ring (bicyclic) bond motifs is 3. The fourth-order valence-electron chi connectivity index (χ4n) is 3.95. The van der Waals surface area contributed by atoms with E-state index in [0.29, 0.717) is 0 Å². The van der Waals surface area contributed by atoms with Gasteiger partial charge in [-0.15, -0.1) is 0 Å². The maximum Gasteiger partial charge on any atom is 0.0151 e. The van der Waals surface area contributed by atoms with Crippen LogP contribution in [-0.4, -0.2) is 13.1 Å². The molecule has 0 heterocycles. The first-order chi connectivity index (χ1) is 5.37. The molecule has 0 aromatic heterocycles. The molecule has 3 atom stereocenters. The highest BCUT2D eigenvalue weighted by Gasteiger charge is 2.63. The van der Waals surface area contributed by atoms with Gasteiger partial charge in [-0.05, 0) is 56.4 Å². The monoisotopic (exact) mass is 151 g/mol. The van der Waals surface area contributed by atoms with Crippen LogP contribution in [0, 0.1) is 17.3 Å². The Morgan fingerprint density at radius 2 is 2.09 bits per heavy atom. The molecular formula is C10H17N. The second kappa shape index (κ2) is 1.82. The van der Waals surface area contributed by atoms with Crippen molar-refractivity contribution in [3.05, 3.63) is 0 Å². The Labute approximate surface area is 68.6 Å². The van der Waals surface area contributed by atoms with Crippen molar-refractivity contribution in [3.8, 4) is 0 Å². The van der Waals surface area contributed by atoms with Gasteiger partial charge < -0.3 is 5.32 Å². The zero-order chi connectivity index (χ0) is 7.47. The van der Waals surface area contributed by atoms with E-state index in [-0.39, 0.29) is 0 Å². The van der Waals surface area contributed by atoms with Crippen molar-refractivity contribution in [2.24, 2.45) is 17.3 Å². The maximum atomic E-state index is 3.55. The van der Waals surface area contributed by atoms with Crippen LogP contribution in [0.1, 0.15) is 32.1 Å². The lowest BCUT2D eigenvalue weighted by Gasteiger charge is -2.30. The molecule has 11 heavy (non-hydrogen) atoms. The summed E-state index contributed by atoms with van der Waals surface area (Å²) in [7, 11) is 2.16. The van der Waals surface area contributed by atoms with Gasteiger partial charge in [-0.2, -0.15) is 0 Å². The second-order valence-corrected chi connectivity index (χ2v) is 4.77. The zero-order valence-electron chi connectivity index (χ0n) is 7.27. The third-order valence-corrected chi connectivity index (χ3v) is 4.52. The van der Waals surface area contributed by atoms with Crippen LogP contribution < -0.4 is 5.32 Å². The number of hydrogen-bond acceptors (Lipinski definition) is 1. The van der Waals surface area contributed by atoms with Crippen LogP contribution in [0.3, 0.4) is 0 Å². The lowest BCUT2D eigenvalue weighted by Crippen LogP contribution is -2.39. The van der Waals surface area contributed by atoms with Gasteiger partial charge >= 0.3 is 0 Å². The van der Waals surface area contributed by atoms with Gasteiger partial charge in [0.2, 0.25) is 0 Å². The molecule has 3 unspecified atom stereocenters. The van der Waals surface area contributed by atoms with E-state index in [4.69, 9.17) is 0 Å². The van der Waals surface area contributed by atoms with Gasteiger partial charge in [0.15, 0.2) is 0 Å². The third kappa shape index (κ3) is 0.618. The summed E-state index contributed by atoms with van der Waals surface area (Å²) < 4.78 is 0. The van der Waals surface area contributed by atoms with Crippen LogP contribution in [0.2, 0.25) is 0 Å². The summed E-state index contributed by atoms with van der Waals surface area (Å²) in [6, 6.07) is 0.904. The Morgan fingerprint density at radius 1 is 1.27 bits per heavy atom. The van der Waals surface area contributed by atoms with Gasteiger partial charge in [0, 0.05) is 6.04 Å². The van der Waals surface area contributed by atoms with E-state index in [1.54, 1.807) is 12.8 Å². The highest BCUT2D eigenvalue weighted by molar-refractivity contribution is 5.16. The Kier molecular flexibility index (Phi) is 1.07. The van der Waals surface area contributed by atoms with Crippen LogP contribution in [-0.2, 0) is 0 Å². The minimum atomic E-state index is 0.817. The highest BCUT2D eigenvalue weighted by atomic mass is 15.0.